The molecule has 96 valence electrons. The van der Waals surface area contributed by atoms with Gasteiger partial charge in [-0.25, -0.2) is 9.37 Å². The van der Waals surface area contributed by atoms with E-state index in [1.165, 1.54) is 16.7 Å². The Bertz CT molecular complexity index is 832. The lowest BCUT2D eigenvalue weighted by Gasteiger charge is -2.09. The van der Waals surface area contributed by atoms with E-state index in [4.69, 9.17) is 0 Å². The highest BCUT2D eigenvalue weighted by Gasteiger charge is 2.13. The van der Waals surface area contributed by atoms with Gasteiger partial charge in [0.15, 0.2) is 0 Å². The highest BCUT2D eigenvalue weighted by molar-refractivity contribution is 5.78. The molecule has 3 rings (SSSR count). The summed E-state index contributed by atoms with van der Waals surface area (Å²) < 4.78 is 14.7. The van der Waals surface area contributed by atoms with E-state index in [9.17, 15) is 9.18 Å². The summed E-state index contributed by atoms with van der Waals surface area (Å²) in [4.78, 5) is 19.8. The number of hydrogen-bond acceptors (Lipinski definition) is 2. The maximum Gasteiger partial charge on any atom is 0.267 e. The summed E-state index contributed by atoms with van der Waals surface area (Å²) in [5.74, 6) is 0.139. The normalized spacial score (nSPS) is 11.1. The van der Waals surface area contributed by atoms with Crippen molar-refractivity contribution < 1.29 is 4.39 Å². The van der Waals surface area contributed by atoms with Gasteiger partial charge in [-0.15, -0.1) is 0 Å². The molecule has 0 saturated heterocycles. The van der Waals surface area contributed by atoms with Gasteiger partial charge in [0.25, 0.3) is 5.56 Å². The van der Waals surface area contributed by atoms with Crippen LogP contribution < -0.4 is 5.56 Å². The van der Waals surface area contributed by atoms with Crippen LogP contribution in [0.15, 0.2) is 35.3 Å². The van der Waals surface area contributed by atoms with Gasteiger partial charge < -0.3 is 4.98 Å². The minimum atomic E-state index is -0.380. The first-order valence-corrected chi connectivity index (χ1v) is 5.91. The Morgan fingerprint density at radius 3 is 2.84 bits per heavy atom. The summed E-state index contributed by atoms with van der Waals surface area (Å²) in [6, 6.07) is 5.93. The largest absolute Gasteiger partial charge is 0.346 e. The van der Waals surface area contributed by atoms with Crippen LogP contribution in [0.4, 0.5) is 4.39 Å². The number of rotatable bonds is 1. The Morgan fingerprint density at radius 1 is 1.32 bits per heavy atom. The fourth-order valence-electron chi connectivity index (χ4n) is 2.26. The lowest BCUT2D eigenvalue weighted by Crippen LogP contribution is -2.22. The second-order valence-electron chi connectivity index (χ2n) is 4.47. The molecule has 5 heteroatoms. The van der Waals surface area contributed by atoms with Crippen molar-refractivity contribution in [2.45, 2.75) is 13.8 Å². The zero-order valence-electron chi connectivity index (χ0n) is 10.6. The molecule has 1 N–H and O–H groups in total. The molecular weight excluding hydrogens is 245 g/mol. The van der Waals surface area contributed by atoms with Crippen LogP contribution in [-0.2, 0) is 0 Å². The molecule has 0 radical (unpaired) electrons. The van der Waals surface area contributed by atoms with Crippen molar-refractivity contribution in [2.75, 3.05) is 0 Å². The summed E-state index contributed by atoms with van der Waals surface area (Å²) in [5, 5.41) is 0.537. The van der Waals surface area contributed by atoms with Crippen molar-refractivity contribution in [1.29, 1.82) is 0 Å². The lowest BCUT2D eigenvalue weighted by atomic mass is 10.2. The van der Waals surface area contributed by atoms with Crippen molar-refractivity contribution in [1.82, 2.24) is 14.5 Å². The zero-order chi connectivity index (χ0) is 13.6. The monoisotopic (exact) mass is 257 g/mol. The molecule has 1 aromatic carbocycles. The summed E-state index contributed by atoms with van der Waals surface area (Å²) in [6.07, 6.45) is 1.74. The quantitative estimate of drug-likeness (QED) is 0.728. The van der Waals surface area contributed by atoms with Crippen LogP contribution in [-0.4, -0.2) is 14.5 Å². The van der Waals surface area contributed by atoms with Crippen molar-refractivity contribution in [2.24, 2.45) is 0 Å². The van der Waals surface area contributed by atoms with E-state index in [2.05, 4.69) is 9.97 Å². The molecule has 19 heavy (non-hydrogen) atoms. The van der Waals surface area contributed by atoms with Crippen molar-refractivity contribution >= 4 is 11.0 Å². The third-order valence-electron chi connectivity index (χ3n) is 3.14. The summed E-state index contributed by atoms with van der Waals surface area (Å²) >= 11 is 0. The number of hydrogen-bond donors (Lipinski definition) is 1. The van der Waals surface area contributed by atoms with Crippen molar-refractivity contribution in [3.05, 3.63) is 58.0 Å². The van der Waals surface area contributed by atoms with Gasteiger partial charge in [-0.3, -0.25) is 9.36 Å². The highest BCUT2D eigenvalue weighted by Crippen LogP contribution is 2.15. The molecule has 0 atom stereocenters. The minimum Gasteiger partial charge on any atom is -0.346 e. The van der Waals surface area contributed by atoms with E-state index in [0.717, 1.165) is 5.56 Å². The first kappa shape index (κ1) is 11.6. The maximum absolute atomic E-state index is 13.3. The number of aromatic nitrogens is 3. The third-order valence-corrected chi connectivity index (χ3v) is 3.14. The topological polar surface area (TPSA) is 50.7 Å². The number of halogens is 1. The van der Waals surface area contributed by atoms with E-state index < -0.39 is 0 Å². The molecule has 0 fully saturated rings. The SMILES string of the molecule is Cc1c[nH]c2nc(C)n(-c3cccc(F)c3)c(=O)c12. The van der Waals surface area contributed by atoms with Crippen molar-refractivity contribution in [3.63, 3.8) is 0 Å². The van der Waals surface area contributed by atoms with Crippen molar-refractivity contribution in [3.8, 4) is 5.69 Å². The minimum absolute atomic E-state index is 0.188. The van der Waals surface area contributed by atoms with Gasteiger partial charge in [0.2, 0.25) is 0 Å². The van der Waals surface area contributed by atoms with Crippen LogP contribution in [0.2, 0.25) is 0 Å². The molecule has 3 aromatic rings. The van der Waals surface area contributed by atoms with Crippen LogP contribution in [0.3, 0.4) is 0 Å². The van der Waals surface area contributed by atoms with E-state index in [-0.39, 0.29) is 11.4 Å². The van der Waals surface area contributed by atoms with Gasteiger partial charge in [-0.05, 0) is 37.6 Å². The average molecular weight is 257 g/mol. The Kier molecular flexibility index (Phi) is 2.48. The van der Waals surface area contributed by atoms with E-state index >= 15 is 0 Å². The first-order valence-electron chi connectivity index (χ1n) is 5.91. The molecule has 0 aliphatic heterocycles. The second kappa shape index (κ2) is 4.05. The predicted octanol–water partition coefficient (Wildman–Crippen LogP) is 2.47. The van der Waals surface area contributed by atoms with E-state index in [1.807, 2.05) is 6.92 Å². The van der Waals surface area contributed by atoms with Gasteiger partial charge >= 0.3 is 0 Å². The fourth-order valence-corrected chi connectivity index (χ4v) is 2.26. The number of aromatic amines is 1. The van der Waals surface area contributed by atoms with Gasteiger partial charge in [0.1, 0.15) is 17.3 Å². The van der Waals surface area contributed by atoms with Gasteiger partial charge in [-0.1, -0.05) is 6.07 Å². The second-order valence-corrected chi connectivity index (χ2v) is 4.47. The molecule has 0 amide bonds. The van der Waals surface area contributed by atoms with E-state index in [1.54, 1.807) is 25.3 Å². The molecule has 2 aromatic heterocycles. The number of aryl methyl sites for hydroxylation is 2. The molecule has 0 spiro atoms. The summed E-state index contributed by atoms with van der Waals surface area (Å²) in [5.41, 5.74) is 1.69. The molecule has 4 nitrogen and oxygen atoms in total. The summed E-state index contributed by atoms with van der Waals surface area (Å²) in [6.45, 7) is 3.56. The zero-order valence-corrected chi connectivity index (χ0v) is 10.6. The Hall–Kier alpha value is -2.43. The van der Waals surface area contributed by atoms with Gasteiger partial charge in [0, 0.05) is 6.20 Å². The summed E-state index contributed by atoms with van der Waals surface area (Å²) in [7, 11) is 0. The number of nitrogens with zero attached hydrogens (tertiary/aromatic N) is 2. The Morgan fingerprint density at radius 2 is 2.11 bits per heavy atom. The smallest absolute Gasteiger partial charge is 0.267 e. The molecule has 0 saturated carbocycles. The highest BCUT2D eigenvalue weighted by atomic mass is 19.1. The molecular formula is C14H12FN3O. The lowest BCUT2D eigenvalue weighted by molar-refractivity contribution is 0.626. The van der Waals surface area contributed by atoms with Crippen LogP contribution in [0.1, 0.15) is 11.4 Å². The van der Waals surface area contributed by atoms with Crippen LogP contribution >= 0.6 is 0 Å². The van der Waals surface area contributed by atoms with Crippen LogP contribution in [0, 0.1) is 19.7 Å². The number of fused-ring (bicyclic) bond motifs is 1. The first-order chi connectivity index (χ1) is 9.08. The molecule has 0 aliphatic rings. The molecule has 0 aliphatic carbocycles. The number of benzene rings is 1. The third kappa shape index (κ3) is 1.74. The van der Waals surface area contributed by atoms with Gasteiger partial charge in [-0.2, -0.15) is 0 Å². The van der Waals surface area contributed by atoms with Gasteiger partial charge in [0.05, 0.1) is 11.1 Å². The number of nitrogens with one attached hydrogen (secondary N) is 1. The number of H-pyrrole nitrogens is 1. The molecule has 2 heterocycles. The molecule has 0 unspecified atom stereocenters. The molecule has 0 bridgehead atoms. The Balaban J connectivity index is 2.41. The van der Waals surface area contributed by atoms with Crippen LogP contribution in [0.5, 0.6) is 0 Å². The maximum atomic E-state index is 13.3. The standard InChI is InChI=1S/C14H12FN3O/c1-8-7-16-13-12(8)14(19)18(9(2)17-13)11-5-3-4-10(15)6-11/h3-7,16H,1-2H3. The fraction of sp³-hybridized carbons (Fsp3) is 0.143. The average Bonchev–Trinajstić information content (AvgIpc) is 2.71. The predicted molar refractivity (Wildman–Crippen MR) is 71.1 cm³/mol. The Labute approximate surface area is 108 Å². The van der Waals surface area contributed by atoms with Crippen LogP contribution in [0.25, 0.3) is 16.7 Å². The van der Waals surface area contributed by atoms with E-state index in [0.29, 0.717) is 22.5 Å².